The molecule has 1 saturated carbocycles. The summed E-state index contributed by atoms with van der Waals surface area (Å²) in [5.74, 6) is 0.0704. The first kappa shape index (κ1) is 25.4. The predicted octanol–water partition coefficient (Wildman–Crippen LogP) is 6.35. The van der Waals surface area contributed by atoms with Crippen LogP contribution in [0.1, 0.15) is 72.1 Å². The van der Waals surface area contributed by atoms with Gasteiger partial charge in [-0.3, -0.25) is 14.5 Å². The lowest BCUT2D eigenvalue weighted by Crippen LogP contribution is -2.28. The van der Waals surface area contributed by atoms with Gasteiger partial charge in [0.25, 0.3) is 11.8 Å². The number of benzene rings is 3. The summed E-state index contributed by atoms with van der Waals surface area (Å²) < 4.78 is 0. The molecule has 1 aliphatic carbocycles. The van der Waals surface area contributed by atoms with Crippen LogP contribution in [0.2, 0.25) is 0 Å². The molecule has 0 spiro atoms. The molecule has 3 aromatic rings. The Labute approximate surface area is 230 Å². The van der Waals surface area contributed by atoms with Crippen LogP contribution in [0.3, 0.4) is 0 Å². The highest BCUT2D eigenvalue weighted by molar-refractivity contribution is 6.32. The van der Waals surface area contributed by atoms with Crippen molar-refractivity contribution in [3.05, 3.63) is 101 Å². The molecule has 0 bridgehead atoms. The molecule has 6 heteroatoms. The molecule has 0 unspecified atom stereocenters. The van der Waals surface area contributed by atoms with Crippen LogP contribution in [0.15, 0.2) is 78.5 Å². The third-order valence-electron chi connectivity index (χ3n) is 8.03. The molecule has 0 radical (unpaired) electrons. The second kappa shape index (κ2) is 11.1. The number of fused-ring (bicyclic) bond motifs is 1. The fourth-order valence-electron chi connectivity index (χ4n) is 5.71. The Balaban J connectivity index is 1.25. The maximum atomic E-state index is 13.3. The molecule has 2 heterocycles. The smallest absolute Gasteiger partial charge is 0.258 e. The minimum absolute atomic E-state index is 0.0705. The van der Waals surface area contributed by atoms with Gasteiger partial charge in [-0.05, 0) is 92.6 Å². The Kier molecular flexibility index (Phi) is 7.20. The molecule has 2 amide bonds. The summed E-state index contributed by atoms with van der Waals surface area (Å²) in [7, 11) is 0. The SMILES string of the molecule is CC[C@@H](NC(=O)c1ccc2c(c1)C(=C(Nc1ccc(CN3CCCC3)cc1)C1CC1)C(=O)N2)c1ccccc1. The van der Waals surface area contributed by atoms with Crippen LogP contribution in [-0.2, 0) is 11.3 Å². The number of hydrogen-bond acceptors (Lipinski definition) is 4. The molecular weight excluding hydrogens is 484 g/mol. The van der Waals surface area contributed by atoms with Gasteiger partial charge in [-0.2, -0.15) is 0 Å². The van der Waals surface area contributed by atoms with Crippen LogP contribution in [-0.4, -0.2) is 29.8 Å². The average molecular weight is 521 g/mol. The molecule has 3 N–H and O–H groups in total. The number of allylic oxidation sites excluding steroid dienone is 1. The zero-order chi connectivity index (χ0) is 26.8. The van der Waals surface area contributed by atoms with E-state index in [1.165, 1.54) is 31.5 Å². The number of carbonyl (C=O) groups excluding carboxylic acids is 2. The van der Waals surface area contributed by atoms with Crippen molar-refractivity contribution in [3.63, 3.8) is 0 Å². The van der Waals surface area contributed by atoms with Crippen molar-refractivity contribution < 1.29 is 9.59 Å². The van der Waals surface area contributed by atoms with Crippen molar-refractivity contribution in [2.75, 3.05) is 23.7 Å². The fraction of sp³-hybridized carbons (Fsp3) is 0.333. The summed E-state index contributed by atoms with van der Waals surface area (Å²) in [5.41, 5.74) is 7.08. The molecule has 3 aromatic carbocycles. The zero-order valence-corrected chi connectivity index (χ0v) is 22.5. The Morgan fingerprint density at radius 3 is 2.44 bits per heavy atom. The van der Waals surface area contributed by atoms with Crippen LogP contribution in [0.5, 0.6) is 0 Å². The quantitative estimate of drug-likeness (QED) is 0.288. The lowest BCUT2D eigenvalue weighted by atomic mass is 9.99. The highest BCUT2D eigenvalue weighted by Crippen LogP contribution is 2.44. The highest BCUT2D eigenvalue weighted by Gasteiger charge is 2.36. The summed E-state index contributed by atoms with van der Waals surface area (Å²) in [6.07, 6.45) is 5.47. The van der Waals surface area contributed by atoms with Crippen LogP contribution >= 0.6 is 0 Å². The molecule has 39 heavy (non-hydrogen) atoms. The maximum absolute atomic E-state index is 13.3. The number of rotatable bonds is 9. The maximum Gasteiger partial charge on any atom is 0.258 e. The normalized spacial score (nSPS) is 18.8. The van der Waals surface area contributed by atoms with Gasteiger partial charge in [0.2, 0.25) is 0 Å². The Bertz CT molecular complexity index is 1390. The van der Waals surface area contributed by atoms with E-state index in [2.05, 4.69) is 52.0 Å². The number of amides is 2. The van der Waals surface area contributed by atoms with E-state index in [-0.39, 0.29) is 17.9 Å². The molecule has 1 atom stereocenters. The van der Waals surface area contributed by atoms with E-state index < -0.39 is 0 Å². The Morgan fingerprint density at radius 1 is 1.00 bits per heavy atom. The first-order valence-electron chi connectivity index (χ1n) is 14.2. The molecule has 2 fully saturated rings. The van der Waals surface area contributed by atoms with Gasteiger partial charge >= 0.3 is 0 Å². The molecule has 6 nitrogen and oxygen atoms in total. The number of likely N-dealkylation sites (tertiary alicyclic amines) is 1. The van der Waals surface area contributed by atoms with Crippen molar-refractivity contribution in [1.82, 2.24) is 10.2 Å². The van der Waals surface area contributed by atoms with Crippen LogP contribution in [0.4, 0.5) is 11.4 Å². The third kappa shape index (κ3) is 5.62. The van der Waals surface area contributed by atoms with E-state index in [9.17, 15) is 9.59 Å². The van der Waals surface area contributed by atoms with Gasteiger partial charge in [0.1, 0.15) is 0 Å². The first-order chi connectivity index (χ1) is 19.1. The van der Waals surface area contributed by atoms with E-state index in [1.807, 2.05) is 42.5 Å². The summed E-state index contributed by atoms with van der Waals surface area (Å²) in [6, 6.07) is 24.0. The summed E-state index contributed by atoms with van der Waals surface area (Å²) >= 11 is 0. The number of anilines is 2. The zero-order valence-electron chi connectivity index (χ0n) is 22.5. The number of hydrogen-bond donors (Lipinski definition) is 3. The van der Waals surface area contributed by atoms with Crippen molar-refractivity contribution in [1.29, 1.82) is 0 Å². The third-order valence-corrected chi connectivity index (χ3v) is 8.03. The molecular formula is C33H36N4O2. The van der Waals surface area contributed by atoms with Crippen molar-refractivity contribution in [3.8, 4) is 0 Å². The minimum atomic E-state index is -0.137. The largest absolute Gasteiger partial charge is 0.358 e. The second-order valence-electron chi connectivity index (χ2n) is 10.9. The van der Waals surface area contributed by atoms with Gasteiger partial charge in [-0.1, -0.05) is 49.4 Å². The topological polar surface area (TPSA) is 73.5 Å². The number of nitrogens with one attached hydrogen (secondary N) is 3. The fourth-order valence-corrected chi connectivity index (χ4v) is 5.71. The summed E-state index contributed by atoms with van der Waals surface area (Å²) in [5, 5.41) is 9.78. The standard InChI is InChI=1S/C33H36N4O2/c1-2-28(23-8-4-3-5-9-23)35-32(38)25-14-17-29-27(20-25)30(33(39)36-29)31(24-12-13-24)34-26-15-10-22(11-16-26)21-37-18-6-7-19-37/h3-5,8-11,14-17,20,24,28,34H,2,6-7,12-13,18-19,21H2,1H3,(H,35,38)(H,36,39)/t28-/m1/s1. The van der Waals surface area contributed by atoms with Crippen LogP contribution < -0.4 is 16.0 Å². The van der Waals surface area contributed by atoms with Crippen molar-refractivity contribution >= 4 is 28.8 Å². The summed E-state index contributed by atoms with van der Waals surface area (Å²) in [6.45, 7) is 5.41. The van der Waals surface area contributed by atoms with Crippen LogP contribution in [0, 0.1) is 5.92 Å². The van der Waals surface area contributed by atoms with Gasteiger partial charge in [0.05, 0.1) is 11.6 Å². The molecule has 3 aliphatic rings. The first-order valence-corrected chi connectivity index (χ1v) is 14.2. The molecule has 200 valence electrons. The van der Waals surface area contributed by atoms with E-state index in [0.717, 1.165) is 54.0 Å². The number of nitrogens with zero attached hydrogens (tertiary/aromatic N) is 1. The average Bonchev–Trinajstić information content (AvgIpc) is 3.58. The second-order valence-corrected chi connectivity index (χ2v) is 10.9. The predicted molar refractivity (Wildman–Crippen MR) is 156 cm³/mol. The van der Waals surface area contributed by atoms with Gasteiger partial charge in [0.15, 0.2) is 0 Å². The van der Waals surface area contributed by atoms with E-state index in [4.69, 9.17) is 0 Å². The summed E-state index contributed by atoms with van der Waals surface area (Å²) in [4.78, 5) is 29.0. The minimum Gasteiger partial charge on any atom is -0.358 e. The Morgan fingerprint density at radius 2 is 1.74 bits per heavy atom. The van der Waals surface area contributed by atoms with Gasteiger partial charge in [-0.15, -0.1) is 0 Å². The van der Waals surface area contributed by atoms with Gasteiger partial charge < -0.3 is 16.0 Å². The lowest BCUT2D eigenvalue weighted by molar-refractivity contribution is -0.110. The van der Waals surface area contributed by atoms with E-state index >= 15 is 0 Å². The van der Waals surface area contributed by atoms with Gasteiger partial charge in [0, 0.05) is 34.7 Å². The molecule has 2 aliphatic heterocycles. The monoisotopic (exact) mass is 520 g/mol. The van der Waals surface area contributed by atoms with E-state index in [1.54, 1.807) is 6.07 Å². The van der Waals surface area contributed by atoms with E-state index in [0.29, 0.717) is 17.1 Å². The lowest BCUT2D eigenvalue weighted by Gasteiger charge is -2.18. The molecule has 1 saturated heterocycles. The molecule has 0 aromatic heterocycles. The molecule has 6 rings (SSSR count). The van der Waals surface area contributed by atoms with Crippen molar-refractivity contribution in [2.45, 2.75) is 51.6 Å². The van der Waals surface area contributed by atoms with Crippen molar-refractivity contribution in [2.24, 2.45) is 5.92 Å². The Hall–Kier alpha value is -3.90. The highest BCUT2D eigenvalue weighted by atomic mass is 16.2. The van der Waals surface area contributed by atoms with Gasteiger partial charge in [-0.25, -0.2) is 0 Å². The number of carbonyl (C=O) groups is 2. The van der Waals surface area contributed by atoms with Crippen LogP contribution in [0.25, 0.3) is 5.57 Å².